The molecule has 5 atom stereocenters. The number of rotatable bonds is 14. The van der Waals surface area contributed by atoms with E-state index in [0.717, 1.165) is 70.6 Å². The number of hydrogen-bond donors (Lipinski definition) is 4. The van der Waals surface area contributed by atoms with Gasteiger partial charge in [-0.25, -0.2) is 4.79 Å². The van der Waals surface area contributed by atoms with Crippen molar-refractivity contribution in [2.24, 2.45) is 28.6 Å². The Labute approximate surface area is 293 Å². The summed E-state index contributed by atoms with van der Waals surface area (Å²) >= 11 is 0. The minimum Gasteiger partial charge on any atom is -0.378 e. The highest BCUT2D eigenvalue weighted by Gasteiger charge is 2.52. The van der Waals surface area contributed by atoms with Gasteiger partial charge in [-0.15, -0.1) is 6.58 Å². The summed E-state index contributed by atoms with van der Waals surface area (Å²) in [5.74, 6) is -1.73. The lowest BCUT2D eigenvalue weighted by Gasteiger charge is -2.40. The molecule has 4 fully saturated rings. The van der Waals surface area contributed by atoms with E-state index in [-0.39, 0.29) is 35.6 Å². The second-order valence-corrected chi connectivity index (χ2v) is 17.5. The Morgan fingerprint density at radius 1 is 0.918 bits per heavy atom. The van der Waals surface area contributed by atoms with Gasteiger partial charge in [0.1, 0.15) is 12.1 Å². The van der Waals surface area contributed by atoms with Crippen LogP contribution in [0.3, 0.4) is 0 Å². The number of urea groups is 1. The van der Waals surface area contributed by atoms with E-state index in [1.54, 1.807) is 4.90 Å². The van der Waals surface area contributed by atoms with E-state index < -0.39 is 52.7 Å². The normalized spacial score (nSPS) is 24.9. The first-order valence-electron chi connectivity index (χ1n) is 18.7. The van der Waals surface area contributed by atoms with Crippen molar-refractivity contribution in [1.29, 1.82) is 0 Å². The molecule has 4 N–H and O–H groups in total. The smallest absolute Gasteiger partial charge is 0.315 e. The van der Waals surface area contributed by atoms with Crippen LogP contribution in [0.25, 0.3) is 0 Å². The molecule has 1 saturated heterocycles. The Morgan fingerprint density at radius 3 is 2.18 bits per heavy atom. The van der Waals surface area contributed by atoms with E-state index in [4.69, 9.17) is 4.74 Å². The van der Waals surface area contributed by atoms with Crippen LogP contribution in [0.5, 0.6) is 0 Å². The summed E-state index contributed by atoms with van der Waals surface area (Å²) in [6.45, 7) is 17.3. The fourth-order valence-corrected chi connectivity index (χ4v) is 8.14. The quantitative estimate of drug-likeness (QED) is 0.155. The molecular formula is C38H63N5O6. The molecule has 1 unspecified atom stereocenters. The molecule has 0 radical (unpaired) electrons. The topological polar surface area (TPSA) is 146 Å². The van der Waals surface area contributed by atoms with Crippen LogP contribution in [0.4, 0.5) is 4.79 Å². The molecule has 4 rings (SSSR count). The predicted molar refractivity (Wildman–Crippen MR) is 189 cm³/mol. The van der Waals surface area contributed by atoms with E-state index in [1.165, 1.54) is 6.08 Å². The molecule has 49 heavy (non-hydrogen) atoms. The monoisotopic (exact) mass is 685 g/mol. The van der Waals surface area contributed by atoms with Crippen LogP contribution in [-0.4, -0.2) is 84.4 Å². The zero-order valence-corrected chi connectivity index (χ0v) is 31.0. The number of fused-ring (bicyclic) bond motifs is 1. The first kappa shape index (κ1) is 38.8. The summed E-state index contributed by atoms with van der Waals surface area (Å²) in [6.07, 6.45) is 12.3. The van der Waals surface area contributed by atoms with E-state index in [1.807, 2.05) is 20.8 Å². The number of carbonyl (C=O) groups is 5. The van der Waals surface area contributed by atoms with Crippen molar-refractivity contribution in [1.82, 2.24) is 26.2 Å². The van der Waals surface area contributed by atoms with Crippen molar-refractivity contribution in [3.8, 4) is 0 Å². The third-order valence-corrected chi connectivity index (χ3v) is 11.0. The van der Waals surface area contributed by atoms with E-state index >= 15 is 0 Å². The number of nitrogens with zero attached hydrogens (tertiary/aromatic N) is 1. The maximum absolute atomic E-state index is 14.5. The second-order valence-electron chi connectivity index (χ2n) is 17.5. The summed E-state index contributed by atoms with van der Waals surface area (Å²) in [5, 5.41) is 11.7. The van der Waals surface area contributed by atoms with E-state index in [9.17, 15) is 24.0 Å². The molecule has 3 aliphatic carbocycles. The molecule has 0 spiro atoms. The molecule has 4 aliphatic rings. The van der Waals surface area contributed by atoms with Gasteiger partial charge in [0.25, 0.3) is 5.91 Å². The van der Waals surface area contributed by atoms with Crippen LogP contribution in [0.2, 0.25) is 0 Å². The second kappa shape index (κ2) is 16.4. The summed E-state index contributed by atoms with van der Waals surface area (Å²) in [5.41, 5.74) is -1.16. The highest BCUT2D eigenvalue weighted by Crippen LogP contribution is 2.43. The molecule has 1 aliphatic heterocycles. The standard InChI is InChI=1S/C38H63N5O6/c1-8-20-39-33(46)30(44)28(21-25-14-12-15-25)40-32(45)29-27-17-13-16-26(27)22-43(29)34(47)31(37(5,6)7)41-35(48)42-38(18-10-9-11-19-38)24-49-23-36(2,3)4/h8,25-29,31H,1,9-24H2,2-7H3,(H,39,46)(H,40,45)(H2,41,42,48)/t26-,27-,28?,29-,31+/m0/s1. The van der Waals surface area contributed by atoms with Gasteiger partial charge >= 0.3 is 6.03 Å². The van der Waals surface area contributed by atoms with Gasteiger partial charge in [-0.2, -0.15) is 0 Å². The molecule has 276 valence electrons. The molecule has 5 amide bonds. The van der Waals surface area contributed by atoms with Crippen LogP contribution in [-0.2, 0) is 23.9 Å². The van der Waals surface area contributed by atoms with Gasteiger partial charge < -0.3 is 30.9 Å². The Morgan fingerprint density at radius 2 is 1.59 bits per heavy atom. The molecule has 11 heteroatoms. The average molecular weight is 686 g/mol. The van der Waals surface area contributed by atoms with E-state index in [0.29, 0.717) is 26.2 Å². The SMILES string of the molecule is C=CCNC(=O)C(=O)C(CC1CCC1)NC(=O)[C@@H]1[C@H]2CCC[C@H]2CN1C(=O)[C@@H](NC(=O)NC1(COCC(C)(C)C)CCCCC1)C(C)(C)C. The van der Waals surface area contributed by atoms with Crippen LogP contribution < -0.4 is 21.3 Å². The van der Waals surface area contributed by atoms with E-state index in [2.05, 4.69) is 48.6 Å². The van der Waals surface area contributed by atoms with Crippen LogP contribution in [0.1, 0.15) is 119 Å². The van der Waals surface area contributed by atoms with Crippen molar-refractivity contribution < 1.29 is 28.7 Å². The van der Waals surface area contributed by atoms with Crippen molar-refractivity contribution in [3.05, 3.63) is 12.7 Å². The van der Waals surface area contributed by atoms with Crippen LogP contribution in [0.15, 0.2) is 12.7 Å². The number of Topliss-reactive ketones (excluding diaryl/α,β-unsaturated/α-hetero) is 1. The predicted octanol–water partition coefficient (Wildman–Crippen LogP) is 4.64. The van der Waals surface area contributed by atoms with Gasteiger partial charge in [-0.3, -0.25) is 19.2 Å². The zero-order chi connectivity index (χ0) is 36.0. The number of ketones is 1. The van der Waals surface area contributed by atoms with Crippen molar-refractivity contribution >= 4 is 29.5 Å². The maximum Gasteiger partial charge on any atom is 0.315 e. The first-order valence-corrected chi connectivity index (χ1v) is 18.7. The van der Waals surface area contributed by atoms with Gasteiger partial charge in [0, 0.05) is 13.1 Å². The number of nitrogens with one attached hydrogen (secondary N) is 4. The molecule has 0 bridgehead atoms. The number of ether oxygens (including phenoxy) is 1. The lowest BCUT2D eigenvalue weighted by atomic mass is 9.80. The number of amides is 5. The molecular weight excluding hydrogens is 622 g/mol. The summed E-state index contributed by atoms with van der Waals surface area (Å²) in [6, 6.07) is -3.05. The third-order valence-electron chi connectivity index (χ3n) is 11.0. The first-order chi connectivity index (χ1) is 23.0. The zero-order valence-electron chi connectivity index (χ0n) is 31.0. The van der Waals surface area contributed by atoms with Crippen molar-refractivity contribution in [2.45, 2.75) is 142 Å². The molecule has 0 aromatic carbocycles. The van der Waals surface area contributed by atoms with Gasteiger partial charge in [-0.05, 0) is 60.7 Å². The minimum atomic E-state index is -0.963. The number of likely N-dealkylation sites (tertiary alicyclic amines) is 1. The number of carbonyl (C=O) groups excluding carboxylic acids is 5. The largest absolute Gasteiger partial charge is 0.378 e. The van der Waals surface area contributed by atoms with Gasteiger partial charge in [0.2, 0.25) is 17.6 Å². The fourth-order valence-electron chi connectivity index (χ4n) is 8.14. The summed E-state index contributed by atoms with van der Waals surface area (Å²) < 4.78 is 6.13. The highest BCUT2D eigenvalue weighted by molar-refractivity contribution is 6.38. The Bertz CT molecular complexity index is 1210. The Hall–Kier alpha value is -2.95. The number of hydrogen-bond acceptors (Lipinski definition) is 6. The molecule has 3 saturated carbocycles. The van der Waals surface area contributed by atoms with Crippen molar-refractivity contribution in [2.75, 3.05) is 26.3 Å². The lowest BCUT2D eigenvalue weighted by molar-refractivity contribution is -0.144. The van der Waals surface area contributed by atoms with Gasteiger partial charge in [0.05, 0.1) is 24.8 Å². The average Bonchev–Trinajstić information content (AvgIpc) is 3.60. The molecule has 0 aromatic heterocycles. The maximum atomic E-state index is 14.5. The molecule has 1 heterocycles. The van der Waals surface area contributed by atoms with Gasteiger partial charge in [0.15, 0.2) is 0 Å². The Balaban J connectivity index is 1.51. The summed E-state index contributed by atoms with van der Waals surface area (Å²) in [4.78, 5) is 70.1. The molecule has 11 nitrogen and oxygen atoms in total. The third kappa shape index (κ3) is 10.3. The van der Waals surface area contributed by atoms with Crippen molar-refractivity contribution in [3.63, 3.8) is 0 Å². The minimum absolute atomic E-state index is 0.00115. The highest BCUT2D eigenvalue weighted by atomic mass is 16.5. The van der Waals surface area contributed by atoms with Crippen LogP contribution in [0, 0.1) is 28.6 Å². The lowest BCUT2D eigenvalue weighted by Crippen LogP contribution is -2.63. The Kier molecular flexibility index (Phi) is 13.0. The van der Waals surface area contributed by atoms with Gasteiger partial charge in [-0.1, -0.05) is 92.6 Å². The fraction of sp³-hybridized carbons (Fsp3) is 0.816. The van der Waals surface area contributed by atoms with Crippen LogP contribution >= 0.6 is 0 Å². The summed E-state index contributed by atoms with van der Waals surface area (Å²) in [7, 11) is 0. The molecule has 0 aromatic rings.